The highest BCUT2D eigenvalue weighted by Gasteiger charge is 2.34. The number of rotatable bonds is 6. The van der Waals surface area contributed by atoms with Crippen LogP contribution in [0.1, 0.15) is 62.8 Å². The SMILES string of the molecule is CCCN(CCC)C[C@H]1OC[C@@H]2CCCn3ncc1c32. The highest BCUT2D eigenvalue weighted by atomic mass is 16.5. The van der Waals surface area contributed by atoms with Crippen LogP contribution >= 0.6 is 0 Å². The molecule has 0 saturated heterocycles. The number of aromatic nitrogens is 2. The van der Waals surface area contributed by atoms with E-state index >= 15 is 0 Å². The van der Waals surface area contributed by atoms with Crippen molar-refractivity contribution in [1.82, 2.24) is 14.7 Å². The van der Waals surface area contributed by atoms with Crippen LogP contribution in [0.15, 0.2) is 6.20 Å². The molecule has 20 heavy (non-hydrogen) atoms. The van der Waals surface area contributed by atoms with Gasteiger partial charge in [0.25, 0.3) is 0 Å². The Labute approximate surface area is 122 Å². The third kappa shape index (κ3) is 2.63. The second-order valence-electron chi connectivity index (χ2n) is 6.17. The van der Waals surface area contributed by atoms with E-state index in [-0.39, 0.29) is 6.10 Å². The summed E-state index contributed by atoms with van der Waals surface area (Å²) in [7, 11) is 0. The van der Waals surface area contributed by atoms with Gasteiger partial charge in [0, 0.05) is 30.3 Å². The van der Waals surface area contributed by atoms with E-state index in [9.17, 15) is 0 Å². The molecule has 2 aliphatic heterocycles. The van der Waals surface area contributed by atoms with Crippen LogP contribution in [0.4, 0.5) is 0 Å². The van der Waals surface area contributed by atoms with E-state index in [4.69, 9.17) is 4.74 Å². The molecule has 112 valence electrons. The second-order valence-corrected chi connectivity index (χ2v) is 6.17. The largest absolute Gasteiger partial charge is 0.371 e. The van der Waals surface area contributed by atoms with Crippen LogP contribution in [0.3, 0.4) is 0 Å². The smallest absolute Gasteiger partial charge is 0.0985 e. The number of hydrogen-bond acceptors (Lipinski definition) is 3. The summed E-state index contributed by atoms with van der Waals surface area (Å²) in [5, 5.41) is 4.59. The van der Waals surface area contributed by atoms with Gasteiger partial charge in [0.05, 0.1) is 18.9 Å². The molecule has 2 atom stereocenters. The first-order valence-electron chi connectivity index (χ1n) is 8.23. The maximum atomic E-state index is 6.18. The fourth-order valence-corrected chi connectivity index (χ4v) is 3.70. The van der Waals surface area contributed by atoms with E-state index in [2.05, 4.69) is 34.7 Å². The minimum Gasteiger partial charge on any atom is -0.371 e. The molecular formula is C16H27N3O. The molecule has 0 amide bonds. The number of aryl methyl sites for hydroxylation is 1. The molecule has 0 saturated carbocycles. The lowest BCUT2D eigenvalue weighted by Gasteiger charge is -2.35. The van der Waals surface area contributed by atoms with E-state index in [1.807, 2.05) is 0 Å². The average molecular weight is 277 g/mol. The Morgan fingerprint density at radius 3 is 2.90 bits per heavy atom. The first-order chi connectivity index (χ1) is 9.83. The zero-order chi connectivity index (χ0) is 13.9. The molecule has 1 aromatic rings. The monoisotopic (exact) mass is 277 g/mol. The van der Waals surface area contributed by atoms with Crippen molar-refractivity contribution in [1.29, 1.82) is 0 Å². The first kappa shape index (κ1) is 14.1. The molecule has 1 aromatic heterocycles. The standard InChI is InChI=1S/C16H27N3O/c1-3-7-18(8-4-2)11-15-14-10-17-19-9-5-6-13(12-20-15)16(14)19/h10,13,15H,3-9,11-12H2,1-2H3/t13-,15+/m0/s1. The third-order valence-corrected chi connectivity index (χ3v) is 4.57. The predicted molar refractivity (Wildman–Crippen MR) is 79.9 cm³/mol. The molecule has 0 fully saturated rings. The van der Waals surface area contributed by atoms with Gasteiger partial charge in [-0.15, -0.1) is 0 Å². The Bertz CT molecular complexity index is 437. The number of ether oxygens (including phenoxy) is 1. The summed E-state index contributed by atoms with van der Waals surface area (Å²) in [5.74, 6) is 0.586. The summed E-state index contributed by atoms with van der Waals surface area (Å²) < 4.78 is 8.41. The van der Waals surface area contributed by atoms with Gasteiger partial charge in [0.2, 0.25) is 0 Å². The Hall–Kier alpha value is -0.870. The molecule has 0 aliphatic carbocycles. The maximum Gasteiger partial charge on any atom is 0.0985 e. The van der Waals surface area contributed by atoms with Crippen LogP contribution in [-0.2, 0) is 11.3 Å². The summed E-state index contributed by atoms with van der Waals surface area (Å²) in [4.78, 5) is 2.54. The Balaban J connectivity index is 1.76. The fourth-order valence-electron chi connectivity index (χ4n) is 3.70. The minimum absolute atomic E-state index is 0.228. The van der Waals surface area contributed by atoms with Gasteiger partial charge in [-0.05, 0) is 38.8 Å². The number of hydrogen-bond donors (Lipinski definition) is 0. The van der Waals surface area contributed by atoms with Crippen LogP contribution in [0, 0.1) is 0 Å². The van der Waals surface area contributed by atoms with E-state index in [1.54, 1.807) is 0 Å². The van der Waals surface area contributed by atoms with Crippen molar-refractivity contribution in [2.45, 2.75) is 58.1 Å². The predicted octanol–water partition coefficient (Wildman–Crippen LogP) is 2.95. The van der Waals surface area contributed by atoms with Crippen molar-refractivity contribution in [2.75, 3.05) is 26.2 Å². The van der Waals surface area contributed by atoms with E-state index in [0.717, 1.165) is 19.7 Å². The van der Waals surface area contributed by atoms with E-state index in [1.165, 1.54) is 50.0 Å². The number of nitrogens with zero attached hydrogens (tertiary/aromatic N) is 3. The molecule has 0 bridgehead atoms. The van der Waals surface area contributed by atoms with Crippen LogP contribution in [0.25, 0.3) is 0 Å². The molecule has 3 heterocycles. The minimum atomic E-state index is 0.228. The Kier molecular flexibility index (Phi) is 4.41. The molecule has 3 rings (SSSR count). The molecule has 2 aliphatic rings. The van der Waals surface area contributed by atoms with Gasteiger partial charge in [-0.3, -0.25) is 4.68 Å². The molecule has 4 heteroatoms. The van der Waals surface area contributed by atoms with Crippen molar-refractivity contribution < 1.29 is 4.74 Å². The van der Waals surface area contributed by atoms with Crippen molar-refractivity contribution in [3.8, 4) is 0 Å². The van der Waals surface area contributed by atoms with Gasteiger partial charge in [-0.25, -0.2) is 0 Å². The van der Waals surface area contributed by atoms with Crippen molar-refractivity contribution in [3.63, 3.8) is 0 Å². The molecule has 4 nitrogen and oxygen atoms in total. The molecule has 0 aromatic carbocycles. The van der Waals surface area contributed by atoms with Crippen LogP contribution in [0.2, 0.25) is 0 Å². The highest BCUT2D eigenvalue weighted by molar-refractivity contribution is 5.28. The van der Waals surface area contributed by atoms with Crippen molar-refractivity contribution >= 4 is 0 Å². The van der Waals surface area contributed by atoms with Gasteiger partial charge >= 0.3 is 0 Å². The molecule has 0 unspecified atom stereocenters. The van der Waals surface area contributed by atoms with Crippen molar-refractivity contribution in [3.05, 3.63) is 17.5 Å². The normalized spacial score (nSPS) is 24.9. The van der Waals surface area contributed by atoms with Crippen molar-refractivity contribution in [2.24, 2.45) is 0 Å². The first-order valence-corrected chi connectivity index (χ1v) is 8.23. The van der Waals surface area contributed by atoms with Gasteiger partial charge < -0.3 is 9.64 Å². The molecule has 0 N–H and O–H groups in total. The molecule has 0 spiro atoms. The fraction of sp³-hybridized carbons (Fsp3) is 0.812. The molecule has 0 radical (unpaired) electrons. The van der Waals surface area contributed by atoms with Crippen LogP contribution in [0.5, 0.6) is 0 Å². The summed E-state index contributed by atoms with van der Waals surface area (Å²) in [6, 6.07) is 0. The van der Waals surface area contributed by atoms with Crippen LogP contribution < -0.4 is 0 Å². The summed E-state index contributed by atoms with van der Waals surface area (Å²) in [6.45, 7) is 9.83. The van der Waals surface area contributed by atoms with Gasteiger partial charge in [-0.2, -0.15) is 5.10 Å². The molecular weight excluding hydrogens is 250 g/mol. The topological polar surface area (TPSA) is 30.3 Å². The van der Waals surface area contributed by atoms with Crippen LogP contribution in [-0.4, -0.2) is 40.9 Å². The zero-order valence-electron chi connectivity index (χ0n) is 12.8. The maximum absolute atomic E-state index is 6.18. The van der Waals surface area contributed by atoms with Gasteiger partial charge in [-0.1, -0.05) is 13.8 Å². The van der Waals surface area contributed by atoms with E-state index < -0.39 is 0 Å². The third-order valence-electron chi connectivity index (χ3n) is 4.57. The van der Waals surface area contributed by atoms with Gasteiger partial charge in [0.1, 0.15) is 0 Å². The highest BCUT2D eigenvalue weighted by Crippen LogP contribution is 2.39. The second kappa shape index (κ2) is 6.27. The quantitative estimate of drug-likeness (QED) is 0.801. The summed E-state index contributed by atoms with van der Waals surface area (Å²) in [5.41, 5.74) is 2.83. The lowest BCUT2D eigenvalue weighted by molar-refractivity contribution is -0.00133. The Morgan fingerprint density at radius 2 is 2.15 bits per heavy atom. The average Bonchev–Trinajstić information content (AvgIpc) is 2.89. The lowest BCUT2D eigenvalue weighted by atomic mass is 9.90. The zero-order valence-corrected chi connectivity index (χ0v) is 12.8. The Morgan fingerprint density at radius 1 is 1.35 bits per heavy atom. The lowest BCUT2D eigenvalue weighted by Crippen LogP contribution is -2.35. The van der Waals surface area contributed by atoms with E-state index in [0.29, 0.717) is 5.92 Å². The summed E-state index contributed by atoms with van der Waals surface area (Å²) in [6.07, 6.45) is 7.21. The van der Waals surface area contributed by atoms with Gasteiger partial charge in [0.15, 0.2) is 0 Å². The summed E-state index contributed by atoms with van der Waals surface area (Å²) >= 11 is 0.